The standard InChI is InChI=1S/C19H26F3NO4Si/c1-12(17(2,3)4)18(10-28(11-18)16(25)26)15(24)27-23-9-13-5-7-14(8-6-13)19(20,21)22/h5-8,12,23,28H,9-11H2,1-4H3,(H,25,26). The molecule has 5 nitrogen and oxygen atoms in total. The summed E-state index contributed by atoms with van der Waals surface area (Å²) in [4.78, 5) is 29.3. The molecule has 1 aliphatic rings. The van der Waals surface area contributed by atoms with E-state index in [0.29, 0.717) is 17.7 Å². The lowest BCUT2D eigenvalue weighted by Crippen LogP contribution is -2.58. The topological polar surface area (TPSA) is 75.6 Å². The summed E-state index contributed by atoms with van der Waals surface area (Å²) in [6, 6.07) is 5.26. The second-order valence-corrected chi connectivity index (χ2v) is 11.3. The smallest absolute Gasteiger partial charge is 0.416 e. The minimum absolute atomic E-state index is 0.0592. The van der Waals surface area contributed by atoms with Crippen molar-refractivity contribution in [2.45, 2.75) is 52.5 Å². The lowest BCUT2D eigenvalue weighted by Gasteiger charge is -2.50. The van der Waals surface area contributed by atoms with E-state index >= 15 is 0 Å². The molecule has 0 amide bonds. The first-order chi connectivity index (χ1) is 12.8. The van der Waals surface area contributed by atoms with Crippen LogP contribution in [0.1, 0.15) is 38.8 Å². The number of hydrogen-bond donors (Lipinski definition) is 2. The average molecular weight is 418 g/mol. The Labute approximate surface area is 163 Å². The number of rotatable bonds is 6. The van der Waals surface area contributed by atoms with E-state index in [2.05, 4.69) is 5.48 Å². The summed E-state index contributed by atoms with van der Waals surface area (Å²) in [5, 5.41) is 9.25. The van der Waals surface area contributed by atoms with Crippen LogP contribution in [-0.2, 0) is 22.4 Å². The highest BCUT2D eigenvalue weighted by atomic mass is 28.3. The molecule has 28 heavy (non-hydrogen) atoms. The van der Waals surface area contributed by atoms with Crippen molar-refractivity contribution in [3.05, 3.63) is 35.4 Å². The number of carbonyl (C=O) groups excluding carboxylic acids is 1. The Balaban J connectivity index is 2.00. The molecule has 0 saturated carbocycles. The summed E-state index contributed by atoms with van der Waals surface area (Å²) in [7, 11) is -2.02. The molecule has 0 aromatic heterocycles. The van der Waals surface area contributed by atoms with E-state index in [0.717, 1.165) is 12.1 Å². The van der Waals surface area contributed by atoms with Gasteiger partial charge in [0.1, 0.15) is 0 Å². The van der Waals surface area contributed by atoms with Gasteiger partial charge >= 0.3 is 12.1 Å². The van der Waals surface area contributed by atoms with Crippen LogP contribution in [0.3, 0.4) is 0 Å². The summed E-state index contributed by atoms with van der Waals surface area (Å²) in [6.45, 7) is 7.99. The van der Waals surface area contributed by atoms with Crippen molar-refractivity contribution in [3.8, 4) is 0 Å². The number of alkyl halides is 3. The maximum Gasteiger partial charge on any atom is 0.416 e. The Morgan fingerprint density at radius 3 is 2.18 bits per heavy atom. The number of nitrogens with one attached hydrogen (secondary N) is 1. The van der Waals surface area contributed by atoms with E-state index < -0.39 is 37.5 Å². The number of halogens is 3. The number of hydroxylamine groups is 1. The molecular formula is C19H26F3NO4Si. The van der Waals surface area contributed by atoms with E-state index in [-0.39, 0.29) is 17.9 Å². The van der Waals surface area contributed by atoms with E-state index in [9.17, 15) is 27.9 Å². The van der Waals surface area contributed by atoms with Gasteiger partial charge in [0.05, 0.1) is 17.5 Å². The fourth-order valence-electron chi connectivity index (χ4n) is 3.62. The van der Waals surface area contributed by atoms with Crippen LogP contribution in [0.5, 0.6) is 0 Å². The van der Waals surface area contributed by atoms with Crippen LogP contribution >= 0.6 is 0 Å². The van der Waals surface area contributed by atoms with Gasteiger partial charge in [-0.2, -0.15) is 13.2 Å². The molecular weight excluding hydrogens is 391 g/mol. The zero-order chi connectivity index (χ0) is 21.3. The second-order valence-electron chi connectivity index (χ2n) is 8.59. The Hall–Kier alpha value is -1.87. The third-order valence-electron chi connectivity index (χ3n) is 5.83. The summed E-state index contributed by atoms with van der Waals surface area (Å²) in [6.07, 6.45) is -4.40. The molecule has 1 unspecified atom stereocenters. The number of hydrogen-bond acceptors (Lipinski definition) is 4. The van der Waals surface area contributed by atoms with Crippen LogP contribution in [0.25, 0.3) is 0 Å². The molecule has 9 heteroatoms. The second kappa shape index (κ2) is 7.86. The normalized spacial score (nSPS) is 23.6. The lowest BCUT2D eigenvalue weighted by atomic mass is 9.66. The monoisotopic (exact) mass is 417 g/mol. The van der Waals surface area contributed by atoms with Crippen molar-refractivity contribution in [2.24, 2.45) is 16.7 Å². The van der Waals surface area contributed by atoms with Crippen molar-refractivity contribution < 1.29 is 32.7 Å². The van der Waals surface area contributed by atoms with Crippen molar-refractivity contribution in [1.29, 1.82) is 0 Å². The van der Waals surface area contributed by atoms with Crippen LogP contribution < -0.4 is 5.48 Å². The van der Waals surface area contributed by atoms with Gasteiger partial charge in [-0.15, -0.1) is 5.48 Å². The fraction of sp³-hybridized carbons (Fsp3) is 0.579. The molecule has 1 saturated heterocycles. The number of carbonyl (C=O) groups is 2. The van der Waals surface area contributed by atoms with E-state index in [1.54, 1.807) is 0 Å². The first-order valence-corrected chi connectivity index (χ1v) is 11.3. The van der Waals surface area contributed by atoms with Crippen LogP contribution in [0.15, 0.2) is 24.3 Å². The van der Waals surface area contributed by atoms with Crippen molar-refractivity contribution in [1.82, 2.24) is 5.48 Å². The Kier molecular flexibility index (Phi) is 6.30. The van der Waals surface area contributed by atoms with Gasteiger partial charge in [0.15, 0.2) is 8.80 Å². The fourth-order valence-corrected chi connectivity index (χ4v) is 6.65. The average Bonchev–Trinajstić information content (AvgIpc) is 2.52. The van der Waals surface area contributed by atoms with Crippen LogP contribution in [0.4, 0.5) is 18.0 Å². The SMILES string of the molecule is CC(C(C)(C)C)C1(C(=O)ONCc2ccc(C(F)(F)F)cc2)C[SiH](C(=O)O)C1. The molecule has 156 valence electrons. The van der Waals surface area contributed by atoms with Gasteiger partial charge in [-0.05, 0) is 41.1 Å². The molecule has 0 spiro atoms. The lowest BCUT2D eigenvalue weighted by molar-refractivity contribution is -0.169. The van der Waals surface area contributed by atoms with Crippen molar-refractivity contribution >= 4 is 20.4 Å². The molecule has 1 heterocycles. The quantitative estimate of drug-likeness (QED) is 0.529. The molecule has 0 bridgehead atoms. The molecule has 1 fully saturated rings. The molecule has 1 atom stereocenters. The first-order valence-electron chi connectivity index (χ1n) is 9.10. The molecule has 0 radical (unpaired) electrons. The van der Waals surface area contributed by atoms with Crippen molar-refractivity contribution in [2.75, 3.05) is 0 Å². The molecule has 1 aromatic rings. The zero-order valence-electron chi connectivity index (χ0n) is 16.4. The van der Waals surface area contributed by atoms with Crippen LogP contribution in [-0.4, -0.2) is 25.5 Å². The first kappa shape index (κ1) is 22.4. The highest BCUT2D eigenvalue weighted by Crippen LogP contribution is 2.54. The number of benzene rings is 1. The molecule has 1 aromatic carbocycles. The largest absolute Gasteiger partial charge is 0.486 e. The van der Waals surface area contributed by atoms with Gasteiger partial charge in [-0.3, -0.25) is 4.79 Å². The van der Waals surface area contributed by atoms with E-state index in [4.69, 9.17) is 4.84 Å². The summed E-state index contributed by atoms with van der Waals surface area (Å²) < 4.78 is 37.8. The maximum atomic E-state index is 12.8. The summed E-state index contributed by atoms with van der Waals surface area (Å²) in [5.41, 5.74) is 0.482. The Bertz CT molecular complexity index is 722. The highest BCUT2D eigenvalue weighted by Gasteiger charge is 2.60. The van der Waals surface area contributed by atoms with Gasteiger partial charge in [-0.1, -0.05) is 39.8 Å². The molecule has 0 aliphatic carbocycles. The third-order valence-corrected chi connectivity index (χ3v) is 8.97. The van der Waals surface area contributed by atoms with Gasteiger partial charge in [0, 0.05) is 0 Å². The predicted molar refractivity (Wildman–Crippen MR) is 100 cm³/mol. The molecule has 2 rings (SSSR count). The van der Waals surface area contributed by atoms with Gasteiger partial charge in [-0.25, -0.2) is 4.79 Å². The maximum absolute atomic E-state index is 12.8. The third kappa shape index (κ3) is 4.75. The minimum atomic E-state index is -4.40. The summed E-state index contributed by atoms with van der Waals surface area (Å²) in [5.74, 6) is -0.574. The van der Waals surface area contributed by atoms with Crippen LogP contribution in [0.2, 0.25) is 12.1 Å². The van der Waals surface area contributed by atoms with Gasteiger partial charge in [0.2, 0.25) is 0 Å². The Morgan fingerprint density at radius 2 is 1.75 bits per heavy atom. The molecule has 1 aliphatic heterocycles. The number of carboxylic acid groups (broad SMARTS) is 1. The molecule has 2 N–H and O–H groups in total. The van der Waals surface area contributed by atoms with Gasteiger partial charge in [0.25, 0.3) is 5.59 Å². The van der Waals surface area contributed by atoms with Crippen LogP contribution in [0, 0.1) is 16.7 Å². The zero-order valence-corrected chi connectivity index (χ0v) is 17.5. The van der Waals surface area contributed by atoms with Crippen molar-refractivity contribution in [3.63, 3.8) is 0 Å². The summed E-state index contributed by atoms with van der Waals surface area (Å²) >= 11 is 0. The Morgan fingerprint density at radius 1 is 1.21 bits per heavy atom. The van der Waals surface area contributed by atoms with E-state index in [1.165, 1.54) is 12.1 Å². The minimum Gasteiger partial charge on any atom is -0.486 e. The van der Waals surface area contributed by atoms with E-state index in [1.807, 2.05) is 27.7 Å². The predicted octanol–water partition coefficient (Wildman–Crippen LogP) is 4.42. The van der Waals surface area contributed by atoms with Gasteiger partial charge < -0.3 is 9.94 Å². The highest BCUT2D eigenvalue weighted by molar-refractivity contribution is 6.91.